The molecule has 2 unspecified atom stereocenters. The lowest BCUT2D eigenvalue weighted by Crippen LogP contribution is -2.10. The third-order valence-electron chi connectivity index (χ3n) is 1.90. The lowest BCUT2D eigenvalue weighted by molar-refractivity contribution is 0.0464. The predicted molar refractivity (Wildman–Crippen MR) is 52.5 cm³/mol. The second-order valence-corrected chi connectivity index (χ2v) is 3.78. The first-order valence-electron chi connectivity index (χ1n) is 4.09. The Kier molecular flexibility index (Phi) is 3.96. The Morgan fingerprint density at radius 2 is 2.38 bits per heavy atom. The van der Waals surface area contributed by atoms with E-state index in [1.807, 2.05) is 6.92 Å². The Morgan fingerprint density at radius 3 is 2.85 bits per heavy atom. The molecule has 74 valence electrons. The van der Waals surface area contributed by atoms with Crippen molar-refractivity contribution in [3.05, 3.63) is 22.6 Å². The van der Waals surface area contributed by atoms with Crippen LogP contribution in [0.1, 0.15) is 25.2 Å². The zero-order valence-electron chi connectivity index (χ0n) is 7.66. The molecule has 0 aliphatic heterocycles. The number of aliphatic hydroxyl groups excluding tert-OH is 1. The zero-order chi connectivity index (χ0) is 9.84. The Balaban J connectivity index is 2.58. The van der Waals surface area contributed by atoms with Crippen LogP contribution < -0.4 is 0 Å². The van der Waals surface area contributed by atoms with Gasteiger partial charge in [0.1, 0.15) is 11.9 Å². The van der Waals surface area contributed by atoms with Gasteiger partial charge in [-0.15, -0.1) is 0 Å². The minimum atomic E-state index is -0.612. The lowest BCUT2D eigenvalue weighted by atomic mass is 10.1. The van der Waals surface area contributed by atoms with E-state index >= 15 is 0 Å². The van der Waals surface area contributed by atoms with Gasteiger partial charge in [-0.2, -0.15) is 0 Å². The fourth-order valence-corrected chi connectivity index (χ4v) is 1.53. The first-order chi connectivity index (χ1) is 6.15. The molecule has 0 fully saturated rings. The van der Waals surface area contributed by atoms with Crippen LogP contribution in [-0.2, 0) is 4.74 Å². The van der Waals surface area contributed by atoms with Crippen LogP contribution in [0, 0.1) is 0 Å². The van der Waals surface area contributed by atoms with Crippen LogP contribution in [-0.4, -0.2) is 18.3 Å². The monoisotopic (exact) mass is 248 g/mol. The topological polar surface area (TPSA) is 42.6 Å². The molecule has 3 nitrogen and oxygen atoms in total. The van der Waals surface area contributed by atoms with E-state index in [-0.39, 0.29) is 6.10 Å². The molecular weight excluding hydrogens is 236 g/mol. The molecule has 0 radical (unpaired) electrons. The summed E-state index contributed by atoms with van der Waals surface area (Å²) in [6, 6.07) is 1.76. The van der Waals surface area contributed by atoms with Crippen molar-refractivity contribution in [2.75, 3.05) is 7.11 Å². The number of rotatable bonds is 4. The fourth-order valence-electron chi connectivity index (χ4n) is 1.06. The van der Waals surface area contributed by atoms with Gasteiger partial charge in [0, 0.05) is 13.5 Å². The number of ether oxygens (including phenoxy) is 1. The van der Waals surface area contributed by atoms with Gasteiger partial charge in [-0.25, -0.2) is 0 Å². The number of furan rings is 1. The summed E-state index contributed by atoms with van der Waals surface area (Å²) < 4.78 is 11.0. The number of hydrogen-bond donors (Lipinski definition) is 1. The molecule has 0 saturated carbocycles. The van der Waals surface area contributed by atoms with E-state index < -0.39 is 6.10 Å². The summed E-state index contributed by atoms with van der Waals surface area (Å²) in [6.07, 6.45) is 1.48. The van der Waals surface area contributed by atoms with Crippen molar-refractivity contribution in [3.63, 3.8) is 0 Å². The van der Waals surface area contributed by atoms with Gasteiger partial charge in [-0.05, 0) is 28.9 Å². The fraction of sp³-hybridized carbons (Fsp3) is 0.556. The van der Waals surface area contributed by atoms with Crippen molar-refractivity contribution in [1.29, 1.82) is 0 Å². The largest absolute Gasteiger partial charge is 0.465 e. The zero-order valence-corrected chi connectivity index (χ0v) is 9.24. The van der Waals surface area contributed by atoms with Gasteiger partial charge in [0.05, 0.1) is 16.8 Å². The molecule has 1 N–H and O–H groups in total. The average molecular weight is 249 g/mol. The third kappa shape index (κ3) is 2.83. The smallest absolute Gasteiger partial charge is 0.146 e. The number of aliphatic hydroxyl groups is 1. The summed E-state index contributed by atoms with van der Waals surface area (Å²) in [7, 11) is 1.62. The SMILES string of the molecule is COC(C)CC(O)c1occc1Br. The maximum atomic E-state index is 9.69. The second kappa shape index (κ2) is 4.79. The van der Waals surface area contributed by atoms with E-state index in [9.17, 15) is 5.11 Å². The molecule has 1 aromatic heterocycles. The van der Waals surface area contributed by atoms with Crippen LogP contribution in [0.2, 0.25) is 0 Å². The third-order valence-corrected chi connectivity index (χ3v) is 2.56. The molecule has 0 spiro atoms. The van der Waals surface area contributed by atoms with E-state index in [0.29, 0.717) is 12.2 Å². The molecule has 13 heavy (non-hydrogen) atoms. The van der Waals surface area contributed by atoms with E-state index in [1.54, 1.807) is 19.4 Å². The van der Waals surface area contributed by atoms with Crippen LogP contribution in [0.5, 0.6) is 0 Å². The highest BCUT2D eigenvalue weighted by Crippen LogP contribution is 2.27. The van der Waals surface area contributed by atoms with E-state index in [0.717, 1.165) is 4.47 Å². The van der Waals surface area contributed by atoms with Crippen LogP contribution >= 0.6 is 15.9 Å². The van der Waals surface area contributed by atoms with Crippen molar-refractivity contribution in [2.24, 2.45) is 0 Å². The molecule has 0 aliphatic carbocycles. The molecule has 4 heteroatoms. The van der Waals surface area contributed by atoms with Crippen molar-refractivity contribution < 1.29 is 14.3 Å². The lowest BCUT2D eigenvalue weighted by Gasteiger charge is -2.13. The summed E-state index contributed by atoms with van der Waals surface area (Å²) in [6.45, 7) is 1.90. The van der Waals surface area contributed by atoms with Crippen molar-refractivity contribution in [1.82, 2.24) is 0 Å². The van der Waals surface area contributed by atoms with Crippen LogP contribution in [0.3, 0.4) is 0 Å². The van der Waals surface area contributed by atoms with Crippen LogP contribution in [0.4, 0.5) is 0 Å². The normalized spacial score (nSPS) is 15.7. The van der Waals surface area contributed by atoms with Gasteiger partial charge in [0.2, 0.25) is 0 Å². The van der Waals surface area contributed by atoms with E-state index in [1.165, 1.54) is 0 Å². The summed E-state index contributed by atoms with van der Waals surface area (Å²) >= 11 is 3.28. The summed E-state index contributed by atoms with van der Waals surface area (Å²) in [5, 5.41) is 9.69. The molecule has 1 rings (SSSR count). The van der Waals surface area contributed by atoms with Crippen LogP contribution in [0.15, 0.2) is 21.2 Å². The summed E-state index contributed by atoms with van der Waals surface area (Å²) in [5.74, 6) is 0.559. The Bertz CT molecular complexity index is 259. The Labute approximate surface area is 85.8 Å². The Hall–Kier alpha value is -0.320. The molecular formula is C9H13BrO3. The first-order valence-corrected chi connectivity index (χ1v) is 4.88. The van der Waals surface area contributed by atoms with Gasteiger partial charge in [-0.1, -0.05) is 0 Å². The molecule has 0 aromatic carbocycles. The van der Waals surface area contributed by atoms with E-state index in [2.05, 4.69) is 15.9 Å². The maximum absolute atomic E-state index is 9.69. The van der Waals surface area contributed by atoms with Gasteiger partial charge in [0.15, 0.2) is 0 Å². The molecule has 0 aliphatic rings. The standard InChI is InChI=1S/C9H13BrO3/c1-6(12-2)5-8(11)9-7(10)3-4-13-9/h3-4,6,8,11H,5H2,1-2H3. The van der Waals surface area contributed by atoms with Crippen molar-refractivity contribution in [2.45, 2.75) is 25.6 Å². The summed E-state index contributed by atoms with van der Waals surface area (Å²) in [5.41, 5.74) is 0. The Morgan fingerprint density at radius 1 is 1.69 bits per heavy atom. The minimum Gasteiger partial charge on any atom is -0.465 e. The average Bonchev–Trinajstić information content (AvgIpc) is 2.51. The second-order valence-electron chi connectivity index (χ2n) is 2.93. The molecule has 0 amide bonds. The maximum Gasteiger partial charge on any atom is 0.146 e. The van der Waals surface area contributed by atoms with Gasteiger partial charge < -0.3 is 14.3 Å². The van der Waals surface area contributed by atoms with Gasteiger partial charge in [0.25, 0.3) is 0 Å². The van der Waals surface area contributed by atoms with Crippen molar-refractivity contribution >= 4 is 15.9 Å². The highest BCUT2D eigenvalue weighted by atomic mass is 79.9. The quantitative estimate of drug-likeness (QED) is 0.891. The summed E-state index contributed by atoms with van der Waals surface area (Å²) in [4.78, 5) is 0. The molecule has 2 atom stereocenters. The van der Waals surface area contributed by atoms with Crippen molar-refractivity contribution in [3.8, 4) is 0 Å². The number of hydrogen-bond acceptors (Lipinski definition) is 3. The predicted octanol–water partition coefficient (Wildman–Crippen LogP) is 2.50. The molecule has 0 bridgehead atoms. The number of halogens is 1. The number of methoxy groups -OCH3 is 1. The highest BCUT2D eigenvalue weighted by molar-refractivity contribution is 9.10. The molecule has 0 saturated heterocycles. The molecule has 1 heterocycles. The molecule has 1 aromatic rings. The first kappa shape index (κ1) is 10.8. The highest BCUT2D eigenvalue weighted by Gasteiger charge is 2.17. The van der Waals surface area contributed by atoms with Gasteiger partial charge in [-0.3, -0.25) is 0 Å². The van der Waals surface area contributed by atoms with E-state index in [4.69, 9.17) is 9.15 Å². The van der Waals surface area contributed by atoms with Crippen LogP contribution in [0.25, 0.3) is 0 Å². The van der Waals surface area contributed by atoms with Gasteiger partial charge >= 0.3 is 0 Å². The minimum absolute atomic E-state index is 0.0204.